The maximum atomic E-state index is 12.2. The van der Waals surface area contributed by atoms with E-state index in [9.17, 15) is 13.2 Å². The smallest absolute Gasteiger partial charge is 0.239 e. The number of amides is 1. The number of sulfone groups is 1. The van der Waals surface area contributed by atoms with Crippen molar-refractivity contribution < 1.29 is 17.9 Å². The van der Waals surface area contributed by atoms with Crippen molar-refractivity contribution >= 4 is 37.4 Å². The van der Waals surface area contributed by atoms with Crippen LogP contribution in [0.2, 0.25) is 0 Å². The molecule has 7 heteroatoms. The highest BCUT2D eigenvalue weighted by Crippen LogP contribution is 2.23. The van der Waals surface area contributed by atoms with Crippen LogP contribution in [0.4, 0.5) is 5.69 Å². The molecule has 128 valence electrons. The number of carbonyl (C=O) groups is 1. The van der Waals surface area contributed by atoms with Crippen LogP contribution in [0.3, 0.4) is 0 Å². The molecular weight excluding hydrogens is 394 g/mol. The Morgan fingerprint density at radius 1 is 1.12 bits per heavy atom. The van der Waals surface area contributed by atoms with E-state index in [0.29, 0.717) is 23.6 Å². The molecule has 0 radical (unpaired) electrons. The van der Waals surface area contributed by atoms with Crippen molar-refractivity contribution in [3.63, 3.8) is 0 Å². The number of benzene rings is 2. The standard InChI is InChI=1S/C17H18BrNO4S/c1-2-23-16-6-4-3-5-15(16)19-17(20)12-24(21,22)11-13-7-9-14(18)10-8-13/h3-10H,2,11-12H2,1H3,(H,19,20). The zero-order valence-electron chi connectivity index (χ0n) is 13.2. The second-order valence-corrected chi connectivity index (χ2v) is 8.12. The van der Waals surface area contributed by atoms with E-state index in [2.05, 4.69) is 21.2 Å². The molecule has 24 heavy (non-hydrogen) atoms. The van der Waals surface area contributed by atoms with Gasteiger partial charge in [0.15, 0.2) is 9.84 Å². The van der Waals surface area contributed by atoms with Gasteiger partial charge >= 0.3 is 0 Å². The van der Waals surface area contributed by atoms with Gasteiger partial charge in [-0.25, -0.2) is 8.42 Å². The Morgan fingerprint density at radius 2 is 1.79 bits per heavy atom. The van der Waals surface area contributed by atoms with E-state index >= 15 is 0 Å². The molecule has 0 heterocycles. The van der Waals surface area contributed by atoms with Crippen LogP contribution in [0.5, 0.6) is 5.75 Å². The molecule has 2 aromatic rings. The lowest BCUT2D eigenvalue weighted by Crippen LogP contribution is -2.24. The van der Waals surface area contributed by atoms with Gasteiger partial charge in [-0.3, -0.25) is 4.79 Å². The summed E-state index contributed by atoms with van der Waals surface area (Å²) in [5, 5.41) is 2.60. The molecule has 1 amide bonds. The minimum Gasteiger partial charge on any atom is -0.492 e. The Morgan fingerprint density at radius 3 is 2.46 bits per heavy atom. The fourth-order valence-electron chi connectivity index (χ4n) is 2.12. The molecule has 0 spiro atoms. The summed E-state index contributed by atoms with van der Waals surface area (Å²) in [5.74, 6) is -0.831. The van der Waals surface area contributed by atoms with Gasteiger partial charge in [-0.15, -0.1) is 0 Å². The summed E-state index contributed by atoms with van der Waals surface area (Å²) < 4.78 is 30.7. The quantitative estimate of drug-likeness (QED) is 0.757. The van der Waals surface area contributed by atoms with Gasteiger partial charge < -0.3 is 10.1 Å². The molecule has 0 aliphatic heterocycles. The first-order valence-electron chi connectivity index (χ1n) is 7.36. The van der Waals surface area contributed by atoms with Crippen LogP contribution in [0.1, 0.15) is 12.5 Å². The number of ether oxygens (including phenoxy) is 1. The summed E-state index contributed by atoms with van der Waals surface area (Å²) in [4.78, 5) is 12.1. The second-order valence-electron chi connectivity index (χ2n) is 5.14. The molecule has 2 aromatic carbocycles. The van der Waals surface area contributed by atoms with Gasteiger partial charge in [0.2, 0.25) is 5.91 Å². The Hall–Kier alpha value is -1.86. The minimum absolute atomic E-state index is 0.180. The van der Waals surface area contributed by atoms with Gasteiger partial charge in [0.1, 0.15) is 11.5 Å². The van der Waals surface area contributed by atoms with Crippen LogP contribution in [0.25, 0.3) is 0 Å². The first kappa shape index (κ1) is 18.5. The number of carbonyl (C=O) groups excluding carboxylic acids is 1. The van der Waals surface area contributed by atoms with Crippen molar-refractivity contribution in [2.24, 2.45) is 0 Å². The molecule has 0 unspecified atom stereocenters. The monoisotopic (exact) mass is 411 g/mol. The number of nitrogens with one attached hydrogen (secondary N) is 1. The van der Waals surface area contributed by atoms with Gasteiger partial charge in [-0.05, 0) is 36.8 Å². The summed E-state index contributed by atoms with van der Waals surface area (Å²) >= 11 is 3.30. The largest absolute Gasteiger partial charge is 0.492 e. The molecule has 2 rings (SSSR count). The predicted molar refractivity (Wildman–Crippen MR) is 97.9 cm³/mol. The SMILES string of the molecule is CCOc1ccccc1NC(=O)CS(=O)(=O)Cc1ccc(Br)cc1. The molecule has 0 saturated carbocycles. The Labute approximate surface area is 150 Å². The number of para-hydroxylation sites is 2. The Balaban J connectivity index is 2.02. The molecule has 0 aromatic heterocycles. The Kier molecular flexibility index (Phi) is 6.39. The molecule has 0 saturated heterocycles. The van der Waals surface area contributed by atoms with E-state index in [0.717, 1.165) is 4.47 Å². The molecule has 0 aliphatic rings. The lowest BCUT2D eigenvalue weighted by atomic mass is 10.2. The lowest BCUT2D eigenvalue weighted by molar-refractivity contribution is -0.113. The van der Waals surface area contributed by atoms with Gasteiger partial charge in [0.05, 0.1) is 18.0 Å². The van der Waals surface area contributed by atoms with E-state index < -0.39 is 21.5 Å². The van der Waals surface area contributed by atoms with Crippen molar-refractivity contribution in [2.75, 3.05) is 17.7 Å². The van der Waals surface area contributed by atoms with Crippen LogP contribution in [-0.2, 0) is 20.4 Å². The zero-order chi connectivity index (χ0) is 17.6. The third-order valence-electron chi connectivity index (χ3n) is 3.11. The lowest BCUT2D eigenvalue weighted by Gasteiger charge is -2.11. The summed E-state index contributed by atoms with van der Waals surface area (Å²) in [6.07, 6.45) is 0. The van der Waals surface area contributed by atoms with E-state index in [1.165, 1.54) is 0 Å². The predicted octanol–water partition coefficient (Wildman–Crippen LogP) is 3.40. The van der Waals surface area contributed by atoms with E-state index in [1.54, 1.807) is 48.5 Å². The topological polar surface area (TPSA) is 72.5 Å². The van der Waals surface area contributed by atoms with Crippen molar-refractivity contribution in [1.29, 1.82) is 0 Å². The number of hydrogen-bond acceptors (Lipinski definition) is 4. The van der Waals surface area contributed by atoms with Crippen molar-refractivity contribution in [3.05, 3.63) is 58.6 Å². The highest BCUT2D eigenvalue weighted by atomic mass is 79.9. The number of halogens is 1. The average molecular weight is 412 g/mol. The first-order chi connectivity index (χ1) is 11.4. The van der Waals surface area contributed by atoms with Crippen LogP contribution in [0.15, 0.2) is 53.0 Å². The van der Waals surface area contributed by atoms with Crippen LogP contribution in [0, 0.1) is 0 Å². The average Bonchev–Trinajstić information content (AvgIpc) is 2.51. The van der Waals surface area contributed by atoms with Crippen molar-refractivity contribution in [3.8, 4) is 5.75 Å². The molecule has 0 aliphatic carbocycles. The van der Waals surface area contributed by atoms with Crippen LogP contribution >= 0.6 is 15.9 Å². The first-order valence-corrected chi connectivity index (χ1v) is 9.97. The highest BCUT2D eigenvalue weighted by Gasteiger charge is 2.18. The van der Waals surface area contributed by atoms with E-state index in [4.69, 9.17) is 4.74 Å². The molecule has 0 bridgehead atoms. The number of anilines is 1. The minimum atomic E-state index is -3.56. The summed E-state index contributed by atoms with van der Waals surface area (Å²) in [6, 6.07) is 13.9. The van der Waals surface area contributed by atoms with Crippen LogP contribution in [-0.4, -0.2) is 26.7 Å². The number of hydrogen-bond donors (Lipinski definition) is 1. The summed E-state index contributed by atoms with van der Waals surface area (Å²) in [5.41, 5.74) is 1.10. The van der Waals surface area contributed by atoms with Gasteiger partial charge in [-0.1, -0.05) is 40.2 Å². The molecular formula is C17H18BrNO4S. The third kappa shape index (κ3) is 5.65. The molecule has 1 N–H and O–H groups in total. The molecule has 0 fully saturated rings. The zero-order valence-corrected chi connectivity index (χ0v) is 15.6. The normalized spacial score (nSPS) is 11.1. The van der Waals surface area contributed by atoms with E-state index in [-0.39, 0.29) is 5.75 Å². The van der Waals surface area contributed by atoms with Gasteiger partial charge in [-0.2, -0.15) is 0 Å². The van der Waals surface area contributed by atoms with Gasteiger partial charge in [0, 0.05) is 4.47 Å². The van der Waals surface area contributed by atoms with Gasteiger partial charge in [0.25, 0.3) is 0 Å². The van der Waals surface area contributed by atoms with Crippen molar-refractivity contribution in [1.82, 2.24) is 0 Å². The second kappa shape index (κ2) is 8.30. The summed E-state index contributed by atoms with van der Waals surface area (Å²) in [7, 11) is -3.56. The maximum Gasteiger partial charge on any atom is 0.239 e. The maximum absolute atomic E-state index is 12.2. The number of rotatable bonds is 7. The Bertz CT molecular complexity index is 804. The fourth-order valence-corrected chi connectivity index (χ4v) is 3.66. The molecule has 5 nitrogen and oxygen atoms in total. The third-order valence-corrected chi connectivity index (χ3v) is 5.12. The fraction of sp³-hybridized carbons (Fsp3) is 0.235. The van der Waals surface area contributed by atoms with Crippen molar-refractivity contribution in [2.45, 2.75) is 12.7 Å². The highest BCUT2D eigenvalue weighted by molar-refractivity contribution is 9.10. The van der Waals surface area contributed by atoms with Crippen LogP contribution < -0.4 is 10.1 Å². The molecule has 0 atom stereocenters. The summed E-state index contributed by atoms with van der Waals surface area (Å²) in [6.45, 7) is 2.29. The van der Waals surface area contributed by atoms with E-state index in [1.807, 2.05) is 6.92 Å².